The van der Waals surface area contributed by atoms with Gasteiger partial charge in [-0.25, -0.2) is 0 Å². The van der Waals surface area contributed by atoms with Gasteiger partial charge in [0.15, 0.2) is 11.5 Å². The molecule has 5 nitrogen and oxygen atoms in total. The van der Waals surface area contributed by atoms with Crippen molar-refractivity contribution in [2.24, 2.45) is 5.92 Å². The molecule has 3 rings (SSSR count). The van der Waals surface area contributed by atoms with Gasteiger partial charge in [-0.1, -0.05) is 44.2 Å². The zero-order chi connectivity index (χ0) is 22.2. The highest BCUT2D eigenvalue weighted by atomic mass is 16.5. The van der Waals surface area contributed by atoms with E-state index in [9.17, 15) is 4.79 Å². The van der Waals surface area contributed by atoms with Crippen LogP contribution >= 0.6 is 0 Å². The molecule has 2 N–H and O–H groups in total. The summed E-state index contributed by atoms with van der Waals surface area (Å²) in [6, 6.07) is 22.4. The van der Waals surface area contributed by atoms with Crippen molar-refractivity contribution < 1.29 is 18.8 Å². The van der Waals surface area contributed by atoms with Gasteiger partial charge >= 0.3 is 0 Å². The third-order valence-electron chi connectivity index (χ3n) is 5.58. The monoisotopic (exact) mass is 421 g/mol. The molecule has 5 heteroatoms. The number of nitrogens with one attached hydrogen (secondary N) is 2. The molecule has 3 aromatic rings. The lowest BCUT2D eigenvalue weighted by atomic mass is 10.1. The second kappa shape index (κ2) is 10.8. The minimum Gasteiger partial charge on any atom is -0.497 e. The highest BCUT2D eigenvalue weighted by molar-refractivity contribution is 5.91. The van der Waals surface area contributed by atoms with Crippen LogP contribution in [0.25, 0.3) is 0 Å². The summed E-state index contributed by atoms with van der Waals surface area (Å²) >= 11 is 0. The summed E-state index contributed by atoms with van der Waals surface area (Å²) in [7, 11) is 1.68. The van der Waals surface area contributed by atoms with Crippen LogP contribution in [0, 0.1) is 5.92 Å². The van der Waals surface area contributed by atoms with E-state index in [0.29, 0.717) is 18.2 Å². The van der Waals surface area contributed by atoms with Crippen LogP contribution in [-0.4, -0.2) is 19.1 Å². The van der Waals surface area contributed by atoms with Crippen LogP contribution in [0.4, 0.5) is 0 Å². The van der Waals surface area contributed by atoms with Crippen LogP contribution in [0.3, 0.4) is 0 Å². The standard InChI is InChI=1S/C26H32N2O3/c1-19(2)20(3)27-26(29)25-15-14-24(31-25)18-28(16-21-8-6-5-7-9-21)17-22-10-12-23(30-4)13-11-22/h5-15,19-20H,16-18H2,1-4H3,(H,27,29)/p+1/t20-/m1/s1. The van der Waals surface area contributed by atoms with Crippen LogP contribution in [0.15, 0.2) is 71.1 Å². The third kappa shape index (κ3) is 6.72. The van der Waals surface area contributed by atoms with Crippen LogP contribution in [-0.2, 0) is 19.6 Å². The van der Waals surface area contributed by atoms with Crippen molar-refractivity contribution in [1.29, 1.82) is 0 Å². The normalized spacial score (nSPS) is 13.1. The number of hydrogen-bond donors (Lipinski definition) is 2. The Bertz CT molecular complexity index is 948. The molecule has 0 aliphatic rings. The maximum absolute atomic E-state index is 12.5. The summed E-state index contributed by atoms with van der Waals surface area (Å²) in [5.41, 5.74) is 2.49. The lowest BCUT2D eigenvalue weighted by Crippen LogP contribution is -3.08. The van der Waals surface area contributed by atoms with Gasteiger partial charge in [-0.05, 0) is 49.2 Å². The first-order chi connectivity index (χ1) is 14.9. The average molecular weight is 422 g/mol. The second-order valence-electron chi connectivity index (χ2n) is 8.39. The van der Waals surface area contributed by atoms with E-state index >= 15 is 0 Å². The first kappa shape index (κ1) is 22.6. The Morgan fingerprint density at radius 2 is 1.55 bits per heavy atom. The van der Waals surface area contributed by atoms with Gasteiger partial charge in [0, 0.05) is 17.2 Å². The van der Waals surface area contributed by atoms with Crippen LogP contribution < -0.4 is 15.0 Å². The molecule has 0 fully saturated rings. The van der Waals surface area contributed by atoms with Gasteiger partial charge < -0.3 is 19.4 Å². The van der Waals surface area contributed by atoms with Gasteiger partial charge in [-0.15, -0.1) is 0 Å². The molecule has 0 aliphatic heterocycles. The Morgan fingerprint density at radius 1 is 0.903 bits per heavy atom. The Hall–Kier alpha value is -3.05. The predicted molar refractivity (Wildman–Crippen MR) is 122 cm³/mol. The minimum atomic E-state index is -0.160. The van der Waals surface area contributed by atoms with Crippen molar-refractivity contribution in [3.05, 3.63) is 89.4 Å². The van der Waals surface area contributed by atoms with E-state index < -0.39 is 0 Å². The quantitative estimate of drug-likeness (QED) is 0.523. The number of carbonyl (C=O) groups is 1. The van der Waals surface area contributed by atoms with E-state index in [1.54, 1.807) is 13.2 Å². The zero-order valence-corrected chi connectivity index (χ0v) is 18.9. The fourth-order valence-electron chi connectivity index (χ4n) is 3.39. The number of carbonyl (C=O) groups excluding carboxylic acids is 1. The zero-order valence-electron chi connectivity index (χ0n) is 18.9. The SMILES string of the molecule is COc1ccc(C[NH+](Cc2ccccc2)Cc2ccc(C(=O)N[C@H](C)C(C)C)o2)cc1. The average Bonchev–Trinajstić information content (AvgIpc) is 3.23. The maximum Gasteiger partial charge on any atom is 0.287 e. The van der Waals surface area contributed by atoms with Gasteiger partial charge in [0.1, 0.15) is 25.4 Å². The maximum atomic E-state index is 12.5. The molecule has 2 aromatic carbocycles. The lowest BCUT2D eigenvalue weighted by Gasteiger charge is -2.19. The molecule has 0 radical (unpaired) electrons. The first-order valence-electron chi connectivity index (χ1n) is 10.8. The number of benzene rings is 2. The smallest absolute Gasteiger partial charge is 0.287 e. The number of methoxy groups -OCH3 is 1. The van der Waals surface area contributed by atoms with Gasteiger partial charge in [0.05, 0.1) is 7.11 Å². The molecule has 0 bridgehead atoms. The summed E-state index contributed by atoms with van der Waals surface area (Å²) in [5, 5.41) is 3.00. The molecule has 0 saturated heterocycles. The minimum absolute atomic E-state index is 0.0938. The Balaban J connectivity index is 1.71. The lowest BCUT2D eigenvalue weighted by molar-refractivity contribution is -0.942. The Kier molecular flexibility index (Phi) is 7.90. The number of quaternary nitrogens is 1. The molecule has 1 heterocycles. The van der Waals surface area contributed by atoms with Gasteiger partial charge in [-0.3, -0.25) is 4.79 Å². The molecule has 0 aliphatic carbocycles. The van der Waals surface area contributed by atoms with E-state index in [0.717, 1.165) is 24.6 Å². The molecule has 164 valence electrons. The Morgan fingerprint density at radius 3 is 2.16 bits per heavy atom. The summed E-state index contributed by atoms with van der Waals surface area (Å²) in [5.74, 6) is 2.24. The Labute approximate surface area is 185 Å². The highest BCUT2D eigenvalue weighted by Crippen LogP contribution is 2.12. The van der Waals surface area contributed by atoms with E-state index in [-0.39, 0.29) is 11.9 Å². The molecule has 1 amide bonds. The van der Waals surface area contributed by atoms with E-state index in [2.05, 4.69) is 55.6 Å². The van der Waals surface area contributed by atoms with Gasteiger partial charge in [0.2, 0.25) is 0 Å². The largest absolute Gasteiger partial charge is 0.497 e. The van der Waals surface area contributed by atoms with E-state index in [1.165, 1.54) is 16.0 Å². The highest BCUT2D eigenvalue weighted by Gasteiger charge is 2.19. The molecular weight excluding hydrogens is 388 g/mol. The number of amides is 1. The topological polar surface area (TPSA) is 55.9 Å². The molecule has 1 unspecified atom stereocenters. The van der Waals surface area contributed by atoms with Crippen LogP contribution in [0.5, 0.6) is 5.75 Å². The summed E-state index contributed by atoms with van der Waals surface area (Å²) in [4.78, 5) is 13.8. The van der Waals surface area contributed by atoms with Crippen molar-refractivity contribution in [3.8, 4) is 5.75 Å². The first-order valence-corrected chi connectivity index (χ1v) is 10.8. The van der Waals surface area contributed by atoms with Crippen LogP contribution in [0.1, 0.15) is 48.2 Å². The van der Waals surface area contributed by atoms with E-state index in [1.807, 2.05) is 31.2 Å². The van der Waals surface area contributed by atoms with Crippen molar-refractivity contribution in [2.45, 2.75) is 46.4 Å². The number of ether oxygens (including phenoxy) is 1. The van der Waals surface area contributed by atoms with Crippen molar-refractivity contribution in [2.75, 3.05) is 7.11 Å². The second-order valence-corrected chi connectivity index (χ2v) is 8.39. The molecule has 1 aromatic heterocycles. The molecule has 0 saturated carbocycles. The molecule has 31 heavy (non-hydrogen) atoms. The fraction of sp³-hybridized carbons (Fsp3) is 0.346. The summed E-state index contributed by atoms with van der Waals surface area (Å²) in [6.45, 7) is 8.57. The fourth-order valence-corrected chi connectivity index (χ4v) is 3.39. The molecule has 0 spiro atoms. The van der Waals surface area contributed by atoms with Crippen LogP contribution in [0.2, 0.25) is 0 Å². The van der Waals surface area contributed by atoms with Crippen molar-refractivity contribution in [1.82, 2.24) is 5.32 Å². The van der Waals surface area contributed by atoms with E-state index in [4.69, 9.17) is 9.15 Å². The van der Waals surface area contributed by atoms with Crippen molar-refractivity contribution in [3.63, 3.8) is 0 Å². The summed E-state index contributed by atoms with van der Waals surface area (Å²) in [6.07, 6.45) is 0. The number of hydrogen-bond acceptors (Lipinski definition) is 3. The summed E-state index contributed by atoms with van der Waals surface area (Å²) < 4.78 is 11.2. The third-order valence-corrected chi connectivity index (χ3v) is 5.58. The predicted octanol–water partition coefficient (Wildman–Crippen LogP) is 3.85. The van der Waals surface area contributed by atoms with Gasteiger partial charge in [0.25, 0.3) is 5.91 Å². The number of furan rings is 1. The number of rotatable bonds is 10. The van der Waals surface area contributed by atoms with Gasteiger partial charge in [-0.2, -0.15) is 0 Å². The van der Waals surface area contributed by atoms with Crippen molar-refractivity contribution >= 4 is 5.91 Å². The molecular formula is C26H33N2O3+. The molecule has 2 atom stereocenters.